The average Bonchev–Trinajstić information content (AvgIpc) is 2.63. The minimum absolute atomic E-state index is 0.0789. The van der Waals surface area contributed by atoms with Crippen LogP contribution in [0, 0.1) is 11.7 Å². The number of piperidine rings is 1. The molecule has 2 aromatic rings. The third-order valence-corrected chi connectivity index (χ3v) is 4.29. The van der Waals surface area contributed by atoms with Crippen LogP contribution in [-0.2, 0) is 0 Å². The van der Waals surface area contributed by atoms with Crippen LogP contribution in [0.5, 0.6) is 0 Å². The summed E-state index contributed by atoms with van der Waals surface area (Å²) in [5, 5.41) is 2.65. The van der Waals surface area contributed by atoms with Gasteiger partial charge in [0.2, 0.25) is 0 Å². The third-order valence-electron chi connectivity index (χ3n) is 4.29. The number of hydrogen-bond acceptors (Lipinski definition) is 3. The van der Waals surface area contributed by atoms with Crippen LogP contribution < -0.4 is 5.32 Å². The topological polar surface area (TPSA) is 62.3 Å². The van der Waals surface area contributed by atoms with Crippen LogP contribution in [-0.4, -0.2) is 34.8 Å². The van der Waals surface area contributed by atoms with Crippen molar-refractivity contribution in [3.05, 3.63) is 59.7 Å². The van der Waals surface area contributed by atoms with Crippen LogP contribution >= 0.6 is 0 Å². The molecule has 0 aliphatic carbocycles. The quantitative estimate of drug-likeness (QED) is 0.931. The lowest BCUT2D eigenvalue weighted by molar-refractivity contribution is 0.0683. The first-order chi connectivity index (χ1) is 12.0. The molecule has 6 heteroatoms. The number of amides is 2. The van der Waals surface area contributed by atoms with E-state index >= 15 is 0 Å². The average molecular weight is 341 g/mol. The highest BCUT2D eigenvalue weighted by molar-refractivity contribution is 6.04. The number of likely N-dealkylation sites (tertiary alicyclic amines) is 1. The minimum atomic E-state index is -0.437. The molecule has 2 amide bonds. The lowest BCUT2D eigenvalue weighted by atomic mass is 9.99. The Bertz CT molecular complexity index is 776. The normalized spacial score (nSPS) is 17.2. The monoisotopic (exact) mass is 341 g/mol. The van der Waals surface area contributed by atoms with Crippen LogP contribution in [0.4, 0.5) is 10.1 Å². The number of nitrogens with zero attached hydrogens (tertiary/aromatic N) is 2. The van der Waals surface area contributed by atoms with Crippen molar-refractivity contribution in [1.82, 2.24) is 9.88 Å². The Morgan fingerprint density at radius 3 is 2.72 bits per heavy atom. The zero-order valence-corrected chi connectivity index (χ0v) is 14.0. The highest BCUT2D eigenvalue weighted by atomic mass is 19.1. The number of anilines is 1. The number of carbonyl (C=O) groups is 2. The maximum atomic E-state index is 12.9. The highest BCUT2D eigenvalue weighted by Crippen LogP contribution is 2.18. The molecular weight excluding hydrogens is 321 g/mol. The number of halogens is 1. The molecule has 0 radical (unpaired) electrons. The summed E-state index contributed by atoms with van der Waals surface area (Å²) >= 11 is 0. The molecule has 1 atom stereocenters. The van der Waals surface area contributed by atoms with E-state index in [0.717, 1.165) is 25.9 Å². The zero-order valence-electron chi connectivity index (χ0n) is 14.0. The van der Waals surface area contributed by atoms with Gasteiger partial charge in [0.15, 0.2) is 0 Å². The summed E-state index contributed by atoms with van der Waals surface area (Å²) in [5.74, 6) is -0.404. The van der Waals surface area contributed by atoms with Gasteiger partial charge in [-0.05, 0) is 55.2 Å². The van der Waals surface area contributed by atoms with Gasteiger partial charge >= 0.3 is 0 Å². The van der Waals surface area contributed by atoms with Gasteiger partial charge in [0.1, 0.15) is 11.5 Å². The Kier molecular flexibility index (Phi) is 5.07. The van der Waals surface area contributed by atoms with E-state index in [-0.39, 0.29) is 17.4 Å². The standard InChI is InChI=1S/C19H20FN3O2/c1-13-3-2-10-23(12-13)19(25)14-8-9-21-17(11-14)18(24)22-16-6-4-15(20)5-7-16/h4-9,11,13H,2-3,10,12H2,1H3,(H,22,24). The molecule has 1 aliphatic heterocycles. The first-order valence-electron chi connectivity index (χ1n) is 8.35. The van der Waals surface area contributed by atoms with Crippen LogP contribution in [0.2, 0.25) is 0 Å². The van der Waals surface area contributed by atoms with Crippen molar-refractivity contribution in [2.45, 2.75) is 19.8 Å². The van der Waals surface area contributed by atoms with Gasteiger partial charge in [-0.15, -0.1) is 0 Å². The van der Waals surface area contributed by atoms with Crippen LogP contribution in [0.25, 0.3) is 0 Å². The Morgan fingerprint density at radius 2 is 2.00 bits per heavy atom. The number of hydrogen-bond donors (Lipinski definition) is 1. The molecule has 1 unspecified atom stereocenters. The molecule has 5 nitrogen and oxygen atoms in total. The number of carbonyl (C=O) groups excluding carboxylic acids is 2. The second kappa shape index (κ2) is 7.42. The number of rotatable bonds is 3. The lowest BCUT2D eigenvalue weighted by Crippen LogP contribution is -2.39. The summed E-state index contributed by atoms with van der Waals surface area (Å²) in [6.45, 7) is 3.61. The SMILES string of the molecule is CC1CCCN(C(=O)c2ccnc(C(=O)Nc3ccc(F)cc3)c2)C1. The van der Waals surface area contributed by atoms with E-state index in [1.165, 1.54) is 36.5 Å². The second-order valence-corrected chi connectivity index (χ2v) is 6.39. The Hall–Kier alpha value is -2.76. The fraction of sp³-hybridized carbons (Fsp3) is 0.316. The summed E-state index contributed by atoms with van der Waals surface area (Å²) in [4.78, 5) is 30.8. The van der Waals surface area contributed by atoms with Gasteiger partial charge in [0.25, 0.3) is 11.8 Å². The van der Waals surface area contributed by atoms with Gasteiger partial charge in [0.05, 0.1) is 0 Å². The van der Waals surface area contributed by atoms with Crippen molar-refractivity contribution in [2.24, 2.45) is 5.92 Å². The molecule has 1 aromatic carbocycles. The van der Waals surface area contributed by atoms with Gasteiger partial charge in [-0.2, -0.15) is 0 Å². The van der Waals surface area contributed by atoms with E-state index < -0.39 is 5.91 Å². The second-order valence-electron chi connectivity index (χ2n) is 6.39. The lowest BCUT2D eigenvalue weighted by Gasteiger charge is -2.31. The molecule has 1 N–H and O–H groups in total. The van der Waals surface area contributed by atoms with Crippen molar-refractivity contribution in [3.8, 4) is 0 Å². The molecule has 1 aromatic heterocycles. The molecule has 2 heterocycles. The first kappa shape index (κ1) is 17.1. The van der Waals surface area contributed by atoms with Gasteiger partial charge in [0, 0.05) is 30.5 Å². The van der Waals surface area contributed by atoms with E-state index in [0.29, 0.717) is 17.2 Å². The van der Waals surface area contributed by atoms with Crippen molar-refractivity contribution < 1.29 is 14.0 Å². The molecule has 25 heavy (non-hydrogen) atoms. The van der Waals surface area contributed by atoms with Crippen molar-refractivity contribution in [1.29, 1.82) is 0 Å². The summed E-state index contributed by atoms with van der Waals surface area (Å²) in [5.41, 5.74) is 1.07. The van der Waals surface area contributed by atoms with Gasteiger partial charge in [-0.25, -0.2) is 4.39 Å². The zero-order chi connectivity index (χ0) is 17.8. The van der Waals surface area contributed by atoms with E-state index in [1.54, 1.807) is 6.07 Å². The van der Waals surface area contributed by atoms with E-state index in [2.05, 4.69) is 17.2 Å². The van der Waals surface area contributed by atoms with Crippen molar-refractivity contribution >= 4 is 17.5 Å². The maximum absolute atomic E-state index is 12.9. The number of pyridine rings is 1. The number of benzene rings is 1. The molecule has 3 rings (SSSR count). The molecular formula is C19H20FN3O2. The fourth-order valence-corrected chi connectivity index (χ4v) is 2.97. The Morgan fingerprint density at radius 1 is 1.24 bits per heavy atom. The molecule has 0 saturated carbocycles. The summed E-state index contributed by atoms with van der Waals surface area (Å²) < 4.78 is 12.9. The molecule has 1 aliphatic rings. The summed E-state index contributed by atoms with van der Waals surface area (Å²) in [7, 11) is 0. The maximum Gasteiger partial charge on any atom is 0.274 e. The van der Waals surface area contributed by atoms with E-state index in [9.17, 15) is 14.0 Å². The van der Waals surface area contributed by atoms with E-state index in [4.69, 9.17) is 0 Å². The van der Waals surface area contributed by atoms with Gasteiger partial charge < -0.3 is 10.2 Å². The summed E-state index contributed by atoms with van der Waals surface area (Å²) in [6, 6.07) is 8.59. The molecule has 0 spiro atoms. The molecule has 130 valence electrons. The smallest absolute Gasteiger partial charge is 0.274 e. The summed E-state index contributed by atoms with van der Waals surface area (Å²) in [6.07, 6.45) is 3.58. The van der Waals surface area contributed by atoms with E-state index in [1.807, 2.05) is 4.90 Å². The number of aromatic nitrogens is 1. The third kappa shape index (κ3) is 4.21. The Labute approximate surface area is 145 Å². The molecule has 1 fully saturated rings. The minimum Gasteiger partial charge on any atom is -0.338 e. The predicted molar refractivity (Wildman–Crippen MR) is 92.9 cm³/mol. The molecule has 1 saturated heterocycles. The van der Waals surface area contributed by atoms with Crippen LogP contribution in [0.15, 0.2) is 42.6 Å². The van der Waals surface area contributed by atoms with Crippen molar-refractivity contribution in [2.75, 3.05) is 18.4 Å². The number of nitrogens with one attached hydrogen (secondary N) is 1. The molecule has 0 bridgehead atoms. The van der Waals surface area contributed by atoms with Gasteiger partial charge in [-0.3, -0.25) is 14.6 Å². The van der Waals surface area contributed by atoms with Crippen LogP contribution in [0.3, 0.4) is 0 Å². The first-order valence-corrected chi connectivity index (χ1v) is 8.35. The highest BCUT2D eigenvalue weighted by Gasteiger charge is 2.22. The fourth-order valence-electron chi connectivity index (χ4n) is 2.97. The largest absolute Gasteiger partial charge is 0.338 e. The van der Waals surface area contributed by atoms with Gasteiger partial charge in [-0.1, -0.05) is 6.92 Å². The predicted octanol–water partition coefficient (Wildman–Crippen LogP) is 3.35. The van der Waals surface area contributed by atoms with Crippen molar-refractivity contribution in [3.63, 3.8) is 0 Å². The Balaban J connectivity index is 1.73. The van der Waals surface area contributed by atoms with Crippen LogP contribution in [0.1, 0.15) is 40.6 Å².